The lowest BCUT2D eigenvalue weighted by molar-refractivity contribution is -0.123. The van der Waals surface area contributed by atoms with Gasteiger partial charge in [-0.05, 0) is 43.2 Å². The standard InChI is InChI=1S/C21H21BrN2O4/c1-4-28-19-11-16(22)15(10-18(19)27-3)9-17-20(25)24(21(26)23-17)12-14-7-5-6-13(2)8-14/h5-11H,4,12H2,1-3H3,(H,23,26)/b17-9+. The van der Waals surface area contributed by atoms with Crippen LogP contribution in [0.1, 0.15) is 23.6 Å². The molecule has 28 heavy (non-hydrogen) atoms. The first-order valence-electron chi connectivity index (χ1n) is 8.83. The van der Waals surface area contributed by atoms with Gasteiger partial charge in [0, 0.05) is 4.47 Å². The van der Waals surface area contributed by atoms with E-state index in [1.165, 1.54) is 4.90 Å². The maximum atomic E-state index is 12.7. The number of carbonyl (C=O) groups is 2. The van der Waals surface area contributed by atoms with E-state index >= 15 is 0 Å². The number of hydrogen-bond acceptors (Lipinski definition) is 4. The topological polar surface area (TPSA) is 67.9 Å². The molecule has 0 bridgehead atoms. The summed E-state index contributed by atoms with van der Waals surface area (Å²) in [4.78, 5) is 26.3. The fraction of sp³-hybridized carbons (Fsp3) is 0.238. The number of carbonyl (C=O) groups excluding carboxylic acids is 2. The lowest BCUT2D eigenvalue weighted by Gasteiger charge is -2.12. The number of urea groups is 1. The van der Waals surface area contributed by atoms with Crippen LogP contribution >= 0.6 is 15.9 Å². The zero-order valence-corrected chi connectivity index (χ0v) is 17.5. The second-order valence-electron chi connectivity index (χ2n) is 6.33. The van der Waals surface area contributed by atoms with Crippen LogP contribution in [0.25, 0.3) is 6.08 Å². The van der Waals surface area contributed by atoms with E-state index in [4.69, 9.17) is 9.47 Å². The Kier molecular flexibility index (Phi) is 6.04. The number of halogens is 1. The van der Waals surface area contributed by atoms with E-state index in [1.54, 1.807) is 25.3 Å². The average Bonchev–Trinajstić information content (AvgIpc) is 2.91. The molecular weight excluding hydrogens is 424 g/mol. The second kappa shape index (κ2) is 8.48. The Balaban J connectivity index is 1.87. The average molecular weight is 445 g/mol. The molecule has 1 aliphatic heterocycles. The summed E-state index contributed by atoms with van der Waals surface area (Å²) in [5, 5.41) is 2.65. The fourth-order valence-electron chi connectivity index (χ4n) is 2.95. The summed E-state index contributed by atoms with van der Waals surface area (Å²) in [5.74, 6) is 0.776. The molecule has 1 aliphatic rings. The van der Waals surface area contributed by atoms with Crippen LogP contribution in [0.4, 0.5) is 4.79 Å². The Bertz CT molecular complexity index is 955. The van der Waals surface area contributed by atoms with Gasteiger partial charge in [0.15, 0.2) is 11.5 Å². The van der Waals surface area contributed by atoms with Gasteiger partial charge in [-0.15, -0.1) is 0 Å². The highest BCUT2D eigenvalue weighted by molar-refractivity contribution is 9.10. The number of methoxy groups -OCH3 is 1. The molecular formula is C21H21BrN2O4. The summed E-state index contributed by atoms with van der Waals surface area (Å²) in [6.07, 6.45) is 1.62. The number of nitrogens with one attached hydrogen (secondary N) is 1. The van der Waals surface area contributed by atoms with Crippen molar-refractivity contribution in [3.63, 3.8) is 0 Å². The summed E-state index contributed by atoms with van der Waals surface area (Å²) in [5.41, 5.74) is 2.88. The van der Waals surface area contributed by atoms with Crippen LogP contribution in [0.5, 0.6) is 11.5 Å². The quantitative estimate of drug-likeness (QED) is 0.533. The van der Waals surface area contributed by atoms with Gasteiger partial charge in [-0.1, -0.05) is 45.8 Å². The lowest BCUT2D eigenvalue weighted by atomic mass is 10.1. The third kappa shape index (κ3) is 4.20. The first kappa shape index (κ1) is 19.9. The van der Waals surface area contributed by atoms with Gasteiger partial charge in [-0.25, -0.2) is 4.79 Å². The summed E-state index contributed by atoms with van der Waals surface area (Å²) in [6.45, 7) is 4.58. The molecule has 0 unspecified atom stereocenters. The van der Waals surface area contributed by atoms with Crippen molar-refractivity contribution in [3.8, 4) is 11.5 Å². The number of rotatable bonds is 6. The number of ether oxygens (including phenoxy) is 2. The van der Waals surface area contributed by atoms with Gasteiger partial charge in [-0.3, -0.25) is 9.69 Å². The molecule has 1 fully saturated rings. The molecule has 7 heteroatoms. The normalized spacial score (nSPS) is 15.1. The third-order valence-corrected chi connectivity index (χ3v) is 4.95. The van der Waals surface area contributed by atoms with E-state index in [9.17, 15) is 9.59 Å². The van der Waals surface area contributed by atoms with Gasteiger partial charge in [0.1, 0.15) is 5.70 Å². The zero-order valence-electron chi connectivity index (χ0n) is 15.9. The summed E-state index contributed by atoms with van der Waals surface area (Å²) >= 11 is 3.48. The van der Waals surface area contributed by atoms with Crippen molar-refractivity contribution in [2.75, 3.05) is 13.7 Å². The van der Waals surface area contributed by atoms with Crippen molar-refractivity contribution in [1.82, 2.24) is 10.2 Å². The summed E-state index contributed by atoms with van der Waals surface area (Å²) in [7, 11) is 1.55. The van der Waals surface area contributed by atoms with Gasteiger partial charge in [0.25, 0.3) is 5.91 Å². The van der Waals surface area contributed by atoms with Gasteiger partial charge >= 0.3 is 6.03 Å². The number of imide groups is 1. The lowest BCUT2D eigenvalue weighted by Crippen LogP contribution is -2.30. The smallest absolute Gasteiger partial charge is 0.329 e. The van der Waals surface area contributed by atoms with Crippen LogP contribution in [0.15, 0.2) is 46.6 Å². The first-order chi connectivity index (χ1) is 13.4. The van der Waals surface area contributed by atoms with Gasteiger partial charge in [0.05, 0.1) is 20.3 Å². The fourth-order valence-corrected chi connectivity index (χ4v) is 3.39. The molecule has 0 aliphatic carbocycles. The van der Waals surface area contributed by atoms with Crippen molar-refractivity contribution in [2.24, 2.45) is 0 Å². The molecule has 0 aromatic heterocycles. The van der Waals surface area contributed by atoms with Gasteiger partial charge in [-0.2, -0.15) is 0 Å². The molecule has 1 saturated heterocycles. The van der Waals surface area contributed by atoms with E-state index in [0.717, 1.165) is 15.6 Å². The molecule has 0 radical (unpaired) electrons. The van der Waals surface area contributed by atoms with Crippen LogP contribution in [0.3, 0.4) is 0 Å². The van der Waals surface area contributed by atoms with E-state index in [-0.39, 0.29) is 18.1 Å². The SMILES string of the molecule is CCOc1cc(Br)c(/C=C2/NC(=O)N(Cc3cccc(C)c3)C2=O)cc1OC. The van der Waals surface area contributed by atoms with Crippen LogP contribution in [-0.4, -0.2) is 30.6 Å². The number of benzene rings is 2. The highest BCUT2D eigenvalue weighted by Gasteiger charge is 2.33. The minimum Gasteiger partial charge on any atom is -0.493 e. The molecule has 6 nitrogen and oxygen atoms in total. The molecule has 1 heterocycles. The van der Waals surface area contributed by atoms with E-state index < -0.39 is 6.03 Å². The van der Waals surface area contributed by atoms with Crippen molar-refractivity contribution in [2.45, 2.75) is 20.4 Å². The summed E-state index contributed by atoms with van der Waals surface area (Å²) < 4.78 is 11.6. The zero-order chi connectivity index (χ0) is 20.3. The molecule has 1 N–H and O–H groups in total. The minimum absolute atomic E-state index is 0.213. The number of aryl methyl sites for hydroxylation is 1. The van der Waals surface area contributed by atoms with E-state index in [1.807, 2.05) is 38.1 Å². The van der Waals surface area contributed by atoms with Gasteiger partial charge < -0.3 is 14.8 Å². The first-order valence-corrected chi connectivity index (χ1v) is 9.62. The molecule has 0 atom stereocenters. The largest absolute Gasteiger partial charge is 0.493 e. The molecule has 2 aromatic rings. The molecule has 0 spiro atoms. The van der Waals surface area contributed by atoms with E-state index in [0.29, 0.717) is 23.7 Å². The molecule has 0 saturated carbocycles. The number of hydrogen-bond donors (Lipinski definition) is 1. The minimum atomic E-state index is -0.438. The highest BCUT2D eigenvalue weighted by atomic mass is 79.9. The Labute approximate surface area is 172 Å². The van der Waals surface area contributed by atoms with Crippen molar-refractivity contribution in [3.05, 3.63) is 63.3 Å². The van der Waals surface area contributed by atoms with Crippen molar-refractivity contribution in [1.29, 1.82) is 0 Å². The maximum Gasteiger partial charge on any atom is 0.329 e. The summed E-state index contributed by atoms with van der Waals surface area (Å²) in [6, 6.07) is 10.8. The van der Waals surface area contributed by atoms with Crippen molar-refractivity contribution < 1.29 is 19.1 Å². The van der Waals surface area contributed by atoms with E-state index in [2.05, 4.69) is 21.2 Å². The van der Waals surface area contributed by atoms with Gasteiger partial charge in [0.2, 0.25) is 0 Å². The number of amides is 3. The predicted octanol–water partition coefficient (Wildman–Crippen LogP) is 4.26. The predicted molar refractivity (Wildman–Crippen MR) is 110 cm³/mol. The maximum absolute atomic E-state index is 12.7. The Hall–Kier alpha value is -2.80. The van der Waals surface area contributed by atoms with Crippen LogP contribution in [0, 0.1) is 6.92 Å². The molecule has 146 valence electrons. The van der Waals surface area contributed by atoms with Crippen molar-refractivity contribution >= 4 is 33.9 Å². The molecule has 3 amide bonds. The third-order valence-electron chi connectivity index (χ3n) is 4.27. The van der Waals surface area contributed by atoms with Crippen LogP contribution < -0.4 is 14.8 Å². The monoisotopic (exact) mass is 444 g/mol. The number of nitrogens with zero attached hydrogens (tertiary/aromatic N) is 1. The second-order valence-corrected chi connectivity index (χ2v) is 7.18. The highest BCUT2D eigenvalue weighted by Crippen LogP contribution is 2.35. The molecule has 2 aromatic carbocycles. The molecule has 3 rings (SSSR count). The van der Waals surface area contributed by atoms with Crippen LogP contribution in [-0.2, 0) is 11.3 Å². The Morgan fingerprint density at radius 1 is 1.18 bits per heavy atom. The Morgan fingerprint density at radius 3 is 2.64 bits per heavy atom. The Morgan fingerprint density at radius 2 is 1.96 bits per heavy atom. The van der Waals surface area contributed by atoms with Crippen LogP contribution in [0.2, 0.25) is 0 Å².